The van der Waals surface area contributed by atoms with E-state index in [1.165, 1.54) is 31.2 Å². The zero-order chi connectivity index (χ0) is 14.4. The molecule has 1 unspecified atom stereocenters. The second-order valence-electron chi connectivity index (χ2n) is 5.69. The maximum Gasteiger partial charge on any atom is 0.122 e. The fourth-order valence-electron chi connectivity index (χ4n) is 2.75. The molecule has 1 atom stereocenters. The van der Waals surface area contributed by atoms with Crippen molar-refractivity contribution in [3.63, 3.8) is 0 Å². The first-order chi connectivity index (χ1) is 9.76. The maximum atomic E-state index is 5.39. The molecule has 3 heteroatoms. The molecule has 0 heterocycles. The van der Waals surface area contributed by atoms with Crippen molar-refractivity contribution in [2.45, 2.75) is 45.1 Å². The Labute approximate surface area is 122 Å². The summed E-state index contributed by atoms with van der Waals surface area (Å²) in [6, 6.07) is 6.61. The molecule has 1 saturated carbocycles. The van der Waals surface area contributed by atoms with E-state index in [9.17, 15) is 0 Å². The summed E-state index contributed by atoms with van der Waals surface area (Å²) in [7, 11) is 3.41. The van der Waals surface area contributed by atoms with E-state index in [-0.39, 0.29) is 0 Å². The molecule has 1 aromatic rings. The van der Waals surface area contributed by atoms with Crippen molar-refractivity contribution in [2.75, 3.05) is 20.8 Å². The Morgan fingerprint density at radius 1 is 1.15 bits per heavy atom. The molecule has 112 valence electrons. The maximum absolute atomic E-state index is 5.39. The molecule has 1 fully saturated rings. The zero-order valence-corrected chi connectivity index (χ0v) is 12.9. The van der Waals surface area contributed by atoms with Crippen molar-refractivity contribution in [1.82, 2.24) is 5.32 Å². The Hall–Kier alpha value is -1.22. The SMILES string of the molecule is CCCNC(CC1CCC1)c1cc(OC)cc(OC)c1. The molecule has 0 aliphatic heterocycles. The highest BCUT2D eigenvalue weighted by atomic mass is 16.5. The minimum Gasteiger partial charge on any atom is -0.497 e. The van der Waals surface area contributed by atoms with Gasteiger partial charge in [-0.05, 0) is 43.0 Å². The lowest BCUT2D eigenvalue weighted by Crippen LogP contribution is -2.26. The van der Waals surface area contributed by atoms with Gasteiger partial charge < -0.3 is 14.8 Å². The molecular formula is C17H27NO2. The lowest BCUT2D eigenvalue weighted by molar-refractivity contribution is 0.260. The highest BCUT2D eigenvalue weighted by Gasteiger charge is 2.23. The van der Waals surface area contributed by atoms with Gasteiger partial charge in [0.25, 0.3) is 0 Å². The summed E-state index contributed by atoms with van der Waals surface area (Å²) >= 11 is 0. The van der Waals surface area contributed by atoms with Crippen LogP contribution in [0.1, 0.15) is 50.6 Å². The number of methoxy groups -OCH3 is 2. The first-order valence-corrected chi connectivity index (χ1v) is 7.73. The van der Waals surface area contributed by atoms with Gasteiger partial charge in [-0.2, -0.15) is 0 Å². The van der Waals surface area contributed by atoms with Crippen LogP contribution in [0.2, 0.25) is 0 Å². The van der Waals surface area contributed by atoms with Gasteiger partial charge in [0.2, 0.25) is 0 Å². The number of hydrogen-bond acceptors (Lipinski definition) is 3. The van der Waals surface area contributed by atoms with Gasteiger partial charge in [0.1, 0.15) is 11.5 Å². The van der Waals surface area contributed by atoms with E-state index in [2.05, 4.69) is 24.4 Å². The van der Waals surface area contributed by atoms with Gasteiger partial charge in [-0.1, -0.05) is 26.2 Å². The van der Waals surface area contributed by atoms with Crippen LogP contribution in [0.3, 0.4) is 0 Å². The Balaban J connectivity index is 2.16. The molecule has 0 spiro atoms. The summed E-state index contributed by atoms with van der Waals surface area (Å²) in [5, 5.41) is 3.68. The van der Waals surface area contributed by atoms with E-state index in [1.807, 2.05) is 6.07 Å². The molecule has 20 heavy (non-hydrogen) atoms. The van der Waals surface area contributed by atoms with Crippen molar-refractivity contribution >= 4 is 0 Å². The van der Waals surface area contributed by atoms with Crippen LogP contribution < -0.4 is 14.8 Å². The first-order valence-electron chi connectivity index (χ1n) is 7.73. The van der Waals surface area contributed by atoms with E-state index < -0.39 is 0 Å². The van der Waals surface area contributed by atoms with E-state index in [0.29, 0.717) is 6.04 Å². The van der Waals surface area contributed by atoms with Gasteiger partial charge in [0.15, 0.2) is 0 Å². The Morgan fingerprint density at radius 3 is 2.25 bits per heavy atom. The topological polar surface area (TPSA) is 30.5 Å². The second kappa shape index (κ2) is 7.53. The third kappa shape index (κ3) is 3.89. The smallest absolute Gasteiger partial charge is 0.122 e. The third-order valence-electron chi connectivity index (χ3n) is 4.21. The normalized spacial score (nSPS) is 16.6. The molecule has 1 aliphatic rings. The molecule has 1 aromatic carbocycles. The minimum absolute atomic E-state index is 0.407. The van der Waals surface area contributed by atoms with Gasteiger partial charge in [0.05, 0.1) is 14.2 Å². The summed E-state index contributed by atoms with van der Waals surface area (Å²) in [6.45, 7) is 3.26. The van der Waals surface area contributed by atoms with Crippen molar-refractivity contribution in [1.29, 1.82) is 0 Å². The number of hydrogen-bond donors (Lipinski definition) is 1. The summed E-state index contributed by atoms with van der Waals surface area (Å²) < 4.78 is 10.8. The van der Waals surface area contributed by atoms with E-state index >= 15 is 0 Å². The standard InChI is InChI=1S/C17H27NO2/c1-4-8-18-17(9-13-6-5-7-13)14-10-15(19-2)12-16(11-14)20-3/h10-13,17-18H,4-9H2,1-3H3. The Bertz CT molecular complexity index is 393. The van der Waals surface area contributed by atoms with Crippen LogP contribution in [0, 0.1) is 5.92 Å². The van der Waals surface area contributed by atoms with Crippen LogP contribution in [0.4, 0.5) is 0 Å². The van der Waals surface area contributed by atoms with E-state index in [0.717, 1.165) is 30.4 Å². The highest BCUT2D eigenvalue weighted by Crippen LogP contribution is 2.36. The van der Waals surface area contributed by atoms with Crippen LogP contribution in [-0.4, -0.2) is 20.8 Å². The molecule has 0 bridgehead atoms. The third-order valence-corrected chi connectivity index (χ3v) is 4.21. The minimum atomic E-state index is 0.407. The lowest BCUT2D eigenvalue weighted by Gasteiger charge is -2.30. The summed E-state index contributed by atoms with van der Waals surface area (Å²) in [6.07, 6.45) is 6.53. The fourth-order valence-corrected chi connectivity index (χ4v) is 2.75. The quantitative estimate of drug-likeness (QED) is 0.781. The van der Waals surface area contributed by atoms with Crippen molar-refractivity contribution in [3.05, 3.63) is 23.8 Å². The van der Waals surface area contributed by atoms with Crippen LogP contribution in [0.15, 0.2) is 18.2 Å². The number of rotatable bonds is 8. The first kappa shape index (κ1) is 15.2. The van der Waals surface area contributed by atoms with Gasteiger partial charge in [-0.15, -0.1) is 0 Å². The van der Waals surface area contributed by atoms with E-state index in [4.69, 9.17) is 9.47 Å². The molecular weight excluding hydrogens is 250 g/mol. The van der Waals surface area contributed by atoms with Crippen LogP contribution in [0.5, 0.6) is 11.5 Å². The van der Waals surface area contributed by atoms with E-state index in [1.54, 1.807) is 14.2 Å². The molecule has 0 saturated heterocycles. The molecule has 3 nitrogen and oxygen atoms in total. The molecule has 0 amide bonds. The summed E-state index contributed by atoms with van der Waals surface area (Å²) in [5.41, 5.74) is 1.28. The molecule has 0 aromatic heterocycles. The summed E-state index contributed by atoms with van der Waals surface area (Å²) in [4.78, 5) is 0. The van der Waals surface area contributed by atoms with Gasteiger partial charge in [-0.25, -0.2) is 0 Å². The van der Waals surface area contributed by atoms with Crippen LogP contribution in [0.25, 0.3) is 0 Å². The van der Waals surface area contributed by atoms with Crippen molar-refractivity contribution in [3.8, 4) is 11.5 Å². The monoisotopic (exact) mass is 277 g/mol. The number of benzene rings is 1. The molecule has 1 N–H and O–H groups in total. The average molecular weight is 277 g/mol. The van der Waals surface area contributed by atoms with Crippen molar-refractivity contribution < 1.29 is 9.47 Å². The zero-order valence-electron chi connectivity index (χ0n) is 12.9. The number of nitrogens with one attached hydrogen (secondary N) is 1. The predicted molar refractivity (Wildman–Crippen MR) is 82.5 cm³/mol. The molecule has 1 aliphatic carbocycles. The largest absolute Gasteiger partial charge is 0.497 e. The van der Waals surface area contributed by atoms with Gasteiger partial charge in [-0.3, -0.25) is 0 Å². The highest BCUT2D eigenvalue weighted by molar-refractivity contribution is 5.39. The number of ether oxygens (including phenoxy) is 2. The van der Waals surface area contributed by atoms with Crippen LogP contribution >= 0.6 is 0 Å². The van der Waals surface area contributed by atoms with Crippen molar-refractivity contribution in [2.24, 2.45) is 5.92 Å². The van der Waals surface area contributed by atoms with Gasteiger partial charge in [0, 0.05) is 12.1 Å². The van der Waals surface area contributed by atoms with Crippen LogP contribution in [-0.2, 0) is 0 Å². The van der Waals surface area contributed by atoms with Gasteiger partial charge >= 0.3 is 0 Å². The second-order valence-corrected chi connectivity index (χ2v) is 5.69. The lowest BCUT2D eigenvalue weighted by atomic mass is 9.79. The molecule has 2 rings (SSSR count). The Morgan fingerprint density at radius 2 is 1.80 bits per heavy atom. The fraction of sp³-hybridized carbons (Fsp3) is 0.647. The predicted octanol–water partition coefficient (Wildman–Crippen LogP) is 3.93. The average Bonchev–Trinajstić information content (AvgIpc) is 2.44. The Kier molecular flexibility index (Phi) is 5.72. The summed E-state index contributed by atoms with van der Waals surface area (Å²) in [5.74, 6) is 2.62. The molecule has 0 radical (unpaired) electrons.